The lowest BCUT2D eigenvalue weighted by Gasteiger charge is -2.28. The van der Waals surface area contributed by atoms with Crippen molar-refractivity contribution < 1.29 is 9.90 Å². The standard InChI is InChI=1S/C19H23N5O2/c20-19(21)14-5-3-13(4-6-14)16-9-10-17(24-23-16)22-15-7-1-12(2-8-15)11-18(25)26/h3-6,9-10,12,15H,1-2,7-8,11H2,(H3,20,21)(H,22,24)(H,25,26). The van der Waals surface area contributed by atoms with Gasteiger partial charge in [0.2, 0.25) is 0 Å². The number of amidine groups is 1. The fraction of sp³-hybridized carbons (Fsp3) is 0.368. The molecule has 0 spiro atoms. The van der Waals surface area contributed by atoms with Crippen LogP contribution < -0.4 is 11.1 Å². The molecule has 136 valence electrons. The minimum absolute atomic E-state index is 0.0419. The molecular weight excluding hydrogens is 330 g/mol. The van der Waals surface area contributed by atoms with Crippen molar-refractivity contribution in [1.29, 1.82) is 5.41 Å². The van der Waals surface area contributed by atoms with Crippen LogP contribution >= 0.6 is 0 Å². The van der Waals surface area contributed by atoms with Gasteiger partial charge in [0.05, 0.1) is 5.69 Å². The van der Waals surface area contributed by atoms with E-state index in [1.807, 2.05) is 24.3 Å². The largest absolute Gasteiger partial charge is 0.481 e. The van der Waals surface area contributed by atoms with Crippen LogP contribution in [-0.2, 0) is 4.79 Å². The van der Waals surface area contributed by atoms with E-state index in [1.54, 1.807) is 12.1 Å². The Hall–Kier alpha value is -2.96. The number of nitrogens with zero attached hydrogens (tertiary/aromatic N) is 2. The molecule has 7 nitrogen and oxygen atoms in total. The predicted molar refractivity (Wildman–Crippen MR) is 100 cm³/mol. The van der Waals surface area contributed by atoms with E-state index in [4.69, 9.17) is 16.2 Å². The first kappa shape index (κ1) is 17.8. The number of hydrogen-bond acceptors (Lipinski definition) is 5. The van der Waals surface area contributed by atoms with Crippen LogP contribution in [0.5, 0.6) is 0 Å². The molecule has 0 radical (unpaired) electrons. The molecule has 2 aromatic rings. The van der Waals surface area contributed by atoms with Crippen molar-refractivity contribution in [3.05, 3.63) is 42.0 Å². The highest BCUT2D eigenvalue weighted by Gasteiger charge is 2.23. The molecule has 1 aromatic heterocycles. The average Bonchev–Trinajstić information content (AvgIpc) is 2.64. The van der Waals surface area contributed by atoms with Gasteiger partial charge in [-0.1, -0.05) is 24.3 Å². The van der Waals surface area contributed by atoms with Crippen molar-refractivity contribution in [2.75, 3.05) is 5.32 Å². The van der Waals surface area contributed by atoms with Gasteiger partial charge in [0.1, 0.15) is 11.7 Å². The molecule has 1 aliphatic carbocycles. The fourth-order valence-corrected chi connectivity index (χ4v) is 3.35. The third-order valence-corrected chi connectivity index (χ3v) is 4.82. The van der Waals surface area contributed by atoms with Gasteiger partial charge in [-0.05, 0) is 43.7 Å². The Morgan fingerprint density at radius 3 is 2.35 bits per heavy atom. The van der Waals surface area contributed by atoms with Crippen LogP contribution in [0, 0.1) is 11.3 Å². The second-order valence-electron chi connectivity index (χ2n) is 6.75. The van der Waals surface area contributed by atoms with Crippen molar-refractivity contribution >= 4 is 17.6 Å². The van der Waals surface area contributed by atoms with Crippen LogP contribution in [0.2, 0.25) is 0 Å². The molecule has 1 saturated carbocycles. The Balaban J connectivity index is 1.56. The summed E-state index contributed by atoms with van der Waals surface area (Å²) in [6.45, 7) is 0. The number of anilines is 1. The van der Waals surface area contributed by atoms with Gasteiger partial charge in [0, 0.05) is 23.6 Å². The Kier molecular flexibility index (Phi) is 5.46. The number of nitrogen functional groups attached to an aromatic ring is 1. The monoisotopic (exact) mass is 353 g/mol. The molecule has 0 bridgehead atoms. The molecule has 1 aromatic carbocycles. The van der Waals surface area contributed by atoms with Crippen LogP contribution in [0.4, 0.5) is 5.82 Å². The van der Waals surface area contributed by atoms with Crippen molar-refractivity contribution in [2.24, 2.45) is 11.7 Å². The lowest BCUT2D eigenvalue weighted by molar-refractivity contribution is -0.138. The van der Waals surface area contributed by atoms with E-state index in [9.17, 15) is 4.79 Å². The summed E-state index contributed by atoms with van der Waals surface area (Å²) in [4.78, 5) is 10.8. The Morgan fingerprint density at radius 1 is 1.12 bits per heavy atom. The molecule has 0 saturated heterocycles. The summed E-state index contributed by atoms with van der Waals surface area (Å²) in [5.41, 5.74) is 7.82. The molecule has 26 heavy (non-hydrogen) atoms. The third-order valence-electron chi connectivity index (χ3n) is 4.82. The van der Waals surface area contributed by atoms with Gasteiger partial charge < -0.3 is 16.2 Å². The number of carboxylic acids is 1. The van der Waals surface area contributed by atoms with Gasteiger partial charge in [-0.15, -0.1) is 10.2 Å². The highest BCUT2D eigenvalue weighted by molar-refractivity contribution is 5.95. The Bertz CT molecular complexity index is 766. The molecule has 1 aliphatic rings. The molecular formula is C19H23N5O2. The number of aromatic nitrogens is 2. The molecule has 0 aliphatic heterocycles. The van der Waals surface area contributed by atoms with Gasteiger partial charge in [0.25, 0.3) is 0 Å². The lowest BCUT2D eigenvalue weighted by Crippen LogP contribution is -2.27. The van der Waals surface area contributed by atoms with E-state index in [0.717, 1.165) is 42.8 Å². The summed E-state index contributed by atoms with van der Waals surface area (Å²) in [5.74, 6) is 0.354. The van der Waals surface area contributed by atoms with Crippen molar-refractivity contribution in [3.8, 4) is 11.3 Å². The SMILES string of the molecule is N=C(N)c1ccc(-c2ccc(NC3CCC(CC(=O)O)CC3)nn2)cc1. The molecule has 1 fully saturated rings. The summed E-state index contributed by atoms with van der Waals surface area (Å²) in [6, 6.07) is 11.5. The Labute approximate surface area is 152 Å². The highest BCUT2D eigenvalue weighted by Crippen LogP contribution is 2.28. The zero-order valence-corrected chi connectivity index (χ0v) is 14.5. The number of aliphatic carboxylic acids is 1. The van der Waals surface area contributed by atoms with Gasteiger partial charge in [0.15, 0.2) is 0 Å². The number of carboxylic acid groups (broad SMARTS) is 1. The molecule has 0 atom stereocenters. The summed E-state index contributed by atoms with van der Waals surface area (Å²) in [7, 11) is 0. The number of hydrogen-bond donors (Lipinski definition) is 4. The number of benzene rings is 1. The maximum Gasteiger partial charge on any atom is 0.303 e. The van der Waals surface area contributed by atoms with Crippen molar-refractivity contribution in [3.63, 3.8) is 0 Å². The van der Waals surface area contributed by atoms with Crippen LogP contribution in [0.1, 0.15) is 37.7 Å². The minimum atomic E-state index is -0.709. The van der Waals surface area contributed by atoms with Crippen LogP contribution in [0.3, 0.4) is 0 Å². The smallest absolute Gasteiger partial charge is 0.303 e. The van der Waals surface area contributed by atoms with Crippen LogP contribution in [0.25, 0.3) is 11.3 Å². The zero-order chi connectivity index (χ0) is 18.5. The predicted octanol–water partition coefficient (Wildman–Crippen LogP) is 2.87. The van der Waals surface area contributed by atoms with E-state index in [0.29, 0.717) is 11.6 Å². The third kappa shape index (κ3) is 4.56. The van der Waals surface area contributed by atoms with E-state index >= 15 is 0 Å². The normalized spacial score (nSPS) is 19.7. The quantitative estimate of drug-likeness (QED) is 0.467. The molecule has 5 N–H and O–H groups in total. The highest BCUT2D eigenvalue weighted by atomic mass is 16.4. The molecule has 0 unspecified atom stereocenters. The lowest BCUT2D eigenvalue weighted by atomic mass is 9.84. The van der Waals surface area contributed by atoms with Crippen molar-refractivity contribution in [1.82, 2.24) is 10.2 Å². The number of rotatable bonds is 6. The molecule has 7 heteroatoms. The van der Waals surface area contributed by atoms with E-state index in [2.05, 4.69) is 15.5 Å². The maximum absolute atomic E-state index is 10.8. The van der Waals surface area contributed by atoms with Gasteiger partial charge in [-0.2, -0.15) is 0 Å². The van der Waals surface area contributed by atoms with E-state index in [1.165, 1.54) is 0 Å². The van der Waals surface area contributed by atoms with Crippen molar-refractivity contribution in [2.45, 2.75) is 38.1 Å². The first-order valence-corrected chi connectivity index (χ1v) is 8.78. The molecule has 1 heterocycles. The van der Waals surface area contributed by atoms with Crippen LogP contribution in [0.15, 0.2) is 36.4 Å². The second-order valence-corrected chi connectivity index (χ2v) is 6.75. The number of nitrogens with two attached hydrogens (primary N) is 1. The summed E-state index contributed by atoms with van der Waals surface area (Å²) >= 11 is 0. The first-order chi connectivity index (χ1) is 12.5. The zero-order valence-electron chi connectivity index (χ0n) is 14.5. The Morgan fingerprint density at radius 2 is 1.81 bits per heavy atom. The van der Waals surface area contributed by atoms with Gasteiger partial charge in [-0.25, -0.2) is 0 Å². The summed E-state index contributed by atoms with van der Waals surface area (Å²) < 4.78 is 0. The van der Waals surface area contributed by atoms with Crippen LogP contribution in [-0.4, -0.2) is 33.2 Å². The number of carbonyl (C=O) groups is 1. The summed E-state index contributed by atoms with van der Waals surface area (Å²) in [5, 5.41) is 28.2. The molecule has 3 rings (SSSR count). The van der Waals surface area contributed by atoms with E-state index in [-0.39, 0.29) is 18.2 Å². The molecule has 0 amide bonds. The number of nitrogens with one attached hydrogen (secondary N) is 2. The minimum Gasteiger partial charge on any atom is -0.481 e. The second kappa shape index (κ2) is 7.95. The average molecular weight is 353 g/mol. The summed E-state index contributed by atoms with van der Waals surface area (Å²) in [6.07, 6.45) is 4.03. The van der Waals surface area contributed by atoms with Gasteiger partial charge >= 0.3 is 5.97 Å². The maximum atomic E-state index is 10.8. The fourth-order valence-electron chi connectivity index (χ4n) is 3.35. The van der Waals surface area contributed by atoms with E-state index < -0.39 is 5.97 Å². The van der Waals surface area contributed by atoms with Gasteiger partial charge in [-0.3, -0.25) is 10.2 Å². The topological polar surface area (TPSA) is 125 Å². The first-order valence-electron chi connectivity index (χ1n) is 8.78.